The quantitative estimate of drug-likeness (QED) is 0.393. The van der Waals surface area contributed by atoms with E-state index >= 15 is 0 Å². The van der Waals surface area contributed by atoms with Crippen molar-refractivity contribution in [3.05, 3.63) is 96.9 Å². The molecule has 0 spiro atoms. The summed E-state index contributed by atoms with van der Waals surface area (Å²) in [4.78, 5) is 0. The fourth-order valence-electron chi connectivity index (χ4n) is 6.19. The van der Waals surface area contributed by atoms with E-state index in [1.807, 2.05) is 3.28 Å². The molecule has 0 heterocycles. The van der Waals surface area contributed by atoms with Crippen LogP contribution in [0.5, 0.6) is 0 Å². The minimum atomic E-state index is -3.31. The summed E-state index contributed by atoms with van der Waals surface area (Å²) in [5, 5.41) is 0. The molecule has 156 valence electrons. The molecule has 30 heavy (non-hydrogen) atoms. The van der Waals surface area contributed by atoms with Gasteiger partial charge in [0.1, 0.15) is 0 Å². The Bertz CT molecular complexity index is 1200. The summed E-state index contributed by atoms with van der Waals surface area (Å²) in [6, 6.07) is 18.4. The molecule has 0 aromatic heterocycles. The molecule has 0 N–H and O–H groups in total. The van der Waals surface area contributed by atoms with Gasteiger partial charge in [-0.15, -0.1) is 0 Å². The van der Waals surface area contributed by atoms with Crippen LogP contribution in [-0.2, 0) is 23.8 Å². The van der Waals surface area contributed by atoms with E-state index < -0.39 is 17.4 Å². The third-order valence-corrected chi connectivity index (χ3v) is 25.4. The second-order valence-electron chi connectivity index (χ2n) is 10.6. The Hall–Kier alpha value is -1.24. The molecule has 0 amide bonds. The van der Waals surface area contributed by atoms with Crippen molar-refractivity contribution in [1.82, 2.24) is 0 Å². The van der Waals surface area contributed by atoms with Gasteiger partial charge in [0, 0.05) is 0 Å². The molecule has 0 saturated heterocycles. The van der Waals surface area contributed by atoms with E-state index in [4.69, 9.17) is 0 Å². The third kappa shape index (κ3) is 3.26. The molecular formula is C28H36SiZr. The van der Waals surface area contributed by atoms with Crippen LogP contribution in [0, 0.1) is 5.92 Å². The first-order chi connectivity index (χ1) is 14.0. The molecule has 0 radical (unpaired) electrons. The van der Waals surface area contributed by atoms with Crippen molar-refractivity contribution in [2.75, 3.05) is 0 Å². The Morgan fingerprint density at radius 2 is 1.63 bits per heavy atom. The van der Waals surface area contributed by atoms with Crippen LogP contribution >= 0.6 is 0 Å². The molecule has 0 fully saturated rings. The number of benzene rings is 2. The summed E-state index contributed by atoms with van der Waals surface area (Å²) in [6.45, 7) is 14.2. The van der Waals surface area contributed by atoms with Crippen LogP contribution in [-0.4, -0.2) is 6.88 Å². The normalized spacial score (nSPS) is 21.9. The third-order valence-electron chi connectivity index (χ3n) is 8.09. The number of hydrogen-bond acceptors (Lipinski definition) is 0. The zero-order valence-corrected chi connectivity index (χ0v) is 23.6. The van der Waals surface area contributed by atoms with Crippen LogP contribution in [0.4, 0.5) is 0 Å². The summed E-state index contributed by atoms with van der Waals surface area (Å²) in [5.41, 5.74) is 12.0. The fourth-order valence-corrected chi connectivity index (χ4v) is 24.7. The van der Waals surface area contributed by atoms with Crippen LogP contribution in [0.25, 0.3) is 5.57 Å². The van der Waals surface area contributed by atoms with Crippen LogP contribution in [0.15, 0.2) is 74.6 Å². The van der Waals surface area contributed by atoms with Crippen molar-refractivity contribution < 1.29 is 17.4 Å². The van der Waals surface area contributed by atoms with Gasteiger partial charge in [0.25, 0.3) is 0 Å². The topological polar surface area (TPSA) is 0 Å². The van der Waals surface area contributed by atoms with Gasteiger partial charge in [0.05, 0.1) is 0 Å². The predicted octanol–water partition coefficient (Wildman–Crippen LogP) is 7.33. The van der Waals surface area contributed by atoms with E-state index in [9.17, 15) is 0 Å². The Kier molecular flexibility index (Phi) is 5.43. The Balaban J connectivity index is 1.93. The molecule has 0 aliphatic heterocycles. The van der Waals surface area contributed by atoms with Crippen molar-refractivity contribution in [1.29, 1.82) is 0 Å². The van der Waals surface area contributed by atoms with E-state index in [0.717, 1.165) is 6.42 Å². The summed E-state index contributed by atoms with van der Waals surface area (Å²) >= 11 is -3.31. The molecule has 2 unspecified atom stereocenters. The molecular weight excluding hydrogens is 456 g/mol. The first-order valence-corrected chi connectivity index (χ1v) is 24.9. The first kappa shape index (κ1) is 22.0. The standard InChI is InChI=1S/C17H15.C9H13.2CH3.H2Si.Zr/c1-2-13-6-5-8-15(12-13)17-11-10-14-7-3-4-9-16(14)17;1-6-5-7(2)9(4)8(6)3;;;;/h3-12H,2H2,1H3;6H,1-4H3;2*1H3;1H2;. The van der Waals surface area contributed by atoms with Crippen molar-refractivity contribution in [2.45, 2.75) is 53.9 Å². The van der Waals surface area contributed by atoms with E-state index in [1.165, 1.54) is 22.3 Å². The number of allylic oxidation sites excluding steroid dienone is 5. The molecule has 2 heteroatoms. The van der Waals surface area contributed by atoms with Crippen LogP contribution in [0.3, 0.4) is 0 Å². The molecule has 0 saturated carbocycles. The van der Waals surface area contributed by atoms with Gasteiger partial charge in [-0.25, -0.2) is 0 Å². The van der Waals surface area contributed by atoms with Gasteiger partial charge in [-0.2, -0.15) is 0 Å². The van der Waals surface area contributed by atoms with E-state index in [2.05, 4.69) is 105 Å². The molecule has 2 aliphatic carbocycles. The Morgan fingerprint density at radius 1 is 0.933 bits per heavy atom. The Morgan fingerprint density at radius 3 is 2.27 bits per heavy atom. The fraction of sp³-hybridized carbons (Fsp3) is 0.357. The molecule has 2 atom stereocenters. The maximum absolute atomic E-state index is 3.31. The summed E-state index contributed by atoms with van der Waals surface area (Å²) in [5.74, 6) is 0.594. The molecule has 2 aromatic carbocycles. The average Bonchev–Trinajstić information content (AvgIpc) is 3.21. The second-order valence-corrected chi connectivity index (χ2v) is 40.1. The number of aryl methyl sites for hydroxylation is 1. The summed E-state index contributed by atoms with van der Waals surface area (Å²) in [7, 11) is 0. The molecule has 2 aliphatic rings. The van der Waals surface area contributed by atoms with Crippen molar-refractivity contribution in [3.8, 4) is 0 Å². The second kappa shape index (κ2) is 7.42. The van der Waals surface area contributed by atoms with Crippen LogP contribution in [0.2, 0.25) is 9.26 Å². The Labute approximate surface area is 185 Å². The van der Waals surface area contributed by atoms with Gasteiger partial charge >= 0.3 is 187 Å². The van der Waals surface area contributed by atoms with E-state index in [-0.39, 0.29) is 0 Å². The monoisotopic (exact) mass is 490 g/mol. The van der Waals surface area contributed by atoms with Crippen molar-refractivity contribution in [2.24, 2.45) is 5.92 Å². The minimum absolute atomic E-state index is 0.562. The van der Waals surface area contributed by atoms with Gasteiger partial charge in [-0.3, -0.25) is 0 Å². The zero-order chi connectivity index (χ0) is 21.9. The van der Waals surface area contributed by atoms with Crippen LogP contribution in [0.1, 0.15) is 60.5 Å². The summed E-state index contributed by atoms with van der Waals surface area (Å²) in [6.07, 6.45) is 3.74. The van der Waals surface area contributed by atoms with Gasteiger partial charge in [-0.1, -0.05) is 0 Å². The van der Waals surface area contributed by atoms with E-state index in [1.54, 1.807) is 22.3 Å². The van der Waals surface area contributed by atoms with Crippen molar-refractivity contribution in [3.63, 3.8) is 0 Å². The van der Waals surface area contributed by atoms with Gasteiger partial charge in [0.15, 0.2) is 0 Å². The van der Waals surface area contributed by atoms with E-state index in [0.29, 0.717) is 9.54 Å². The number of rotatable bonds is 4. The van der Waals surface area contributed by atoms with Gasteiger partial charge in [0.2, 0.25) is 0 Å². The predicted molar refractivity (Wildman–Crippen MR) is 133 cm³/mol. The SMILES string of the molecule is CCc1cccc(C2=C[CH]([Zr]([CH3])([CH3])(=[SiH2])[C]3=C(C)C(C)=C(C)C3C)c3ccccc32)c1. The van der Waals surface area contributed by atoms with Crippen molar-refractivity contribution >= 4 is 12.5 Å². The molecule has 4 rings (SSSR count). The van der Waals surface area contributed by atoms with Crippen LogP contribution < -0.4 is 0 Å². The number of fused-ring (bicyclic) bond motifs is 1. The van der Waals surface area contributed by atoms with Gasteiger partial charge < -0.3 is 0 Å². The molecule has 0 bridgehead atoms. The summed E-state index contributed by atoms with van der Waals surface area (Å²) < 4.78 is 7.78. The maximum atomic E-state index is 2.70. The first-order valence-electron chi connectivity index (χ1n) is 11.4. The average molecular weight is 492 g/mol. The number of hydrogen-bond donors (Lipinski definition) is 0. The zero-order valence-electron chi connectivity index (χ0n) is 19.8. The molecule has 2 aromatic rings. The van der Waals surface area contributed by atoms with Gasteiger partial charge in [-0.05, 0) is 0 Å². The molecule has 0 nitrogen and oxygen atoms in total.